The second kappa shape index (κ2) is 9.32. The number of aliphatic hydroxyl groups is 1. The Labute approximate surface area is 167 Å². The molecule has 2 rings (SSSR count). The summed E-state index contributed by atoms with van der Waals surface area (Å²) >= 11 is 0. The van der Waals surface area contributed by atoms with Crippen molar-refractivity contribution in [3.8, 4) is 0 Å². The van der Waals surface area contributed by atoms with E-state index in [1.807, 2.05) is 32.0 Å². The van der Waals surface area contributed by atoms with Gasteiger partial charge in [0, 0.05) is 32.7 Å². The first-order chi connectivity index (χ1) is 13.1. The van der Waals surface area contributed by atoms with Crippen molar-refractivity contribution in [2.45, 2.75) is 31.8 Å². The van der Waals surface area contributed by atoms with Crippen LogP contribution >= 0.6 is 0 Å². The third-order valence-corrected chi connectivity index (χ3v) is 6.31. The molecular weight excluding hydrogens is 376 g/mol. The van der Waals surface area contributed by atoms with Crippen LogP contribution in [0.1, 0.15) is 32.4 Å². The van der Waals surface area contributed by atoms with E-state index in [4.69, 9.17) is 0 Å². The quantitative estimate of drug-likeness (QED) is 0.734. The number of aliphatic hydroxyl groups excluding tert-OH is 1. The lowest BCUT2D eigenvalue weighted by Gasteiger charge is -2.26. The van der Waals surface area contributed by atoms with Gasteiger partial charge in [-0.25, -0.2) is 8.42 Å². The van der Waals surface area contributed by atoms with Crippen LogP contribution in [0.5, 0.6) is 0 Å². The van der Waals surface area contributed by atoms with Crippen molar-refractivity contribution in [1.29, 1.82) is 0 Å². The van der Waals surface area contributed by atoms with Crippen LogP contribution in [-0.2, 0) is 14.8 Å². The van der Waals surface area contributed by atoms with E-state index < -0.39 is 16.1 Å². The van der Waals surface area contributed by atoms with Crippen LogP contribution in [0.3, 0.4) is 0 Å². The van der Waals surface area contributed by atoms with Gasteiger partial charge in [0.15, 0.2) is 0 Å². The number of hydrogen-bond acceptors (Lipinski definition) is 4. The summed E-state index contributed by atoms with van der Waals surface area (Å²) in [7, 11) is -2.16. The zero-order chi connectivity index (χ0) is 20.9. The standard InChI is InChI=1S/C21H28N2O4S/c1-16(2)14-23(15-21(25)18-8-6-5-7-9-18)28(26,27)20-12-10-19(11-13-20)22(4)17(3)24/h5-13,16,21,25H,14-15H2,1-4H3/t21-/m1/s1. The summed E-state index contributed by atoms with van der Waals surface area (Å²) in [5, 5.41) is 10.5. The van der Waals surface area contributed by atoms with Crippen LogP contribution in [0.15, 0.2) is 59.5 Å². The van der Waals surface area contributed by atoms with Crippen LogP contribution < -0.4 is 4.90 Å². The highest BCUT2D eigenvalue weighted by Gasteiger charge is 2.28. The molecule has 152 valence electrons. The molecule has 0 unspecified atom stereocenters. The zero-order valence-electron chi connectivity index (χ0n) is 16.7. The minimum atomic E-state index is -3.79. The molecule has 28 heavy (non-hydrogen) atoms. The van der Waals surface area contributed by atoms with Gasteiger partial charge in [-0.15, -0.1) is 0 Å². The smallest absolute Gasteiger partial charge is 0.243 e. The molecule has 1 atom stereocenters. The third kappa shape index (κ3) is 5.41. The number of amides is 1. The fourth-order valence-corrected chi connectivity index (χ4v) is 4.43. The Hall–Kier alpha value is -2.22. The van der Waals surface area contributed by atoms with Gasteiger partial charge < -0.3 is 10.0 Å². The molecule has 1 amide bonds. The minimum absolute atomic E-state index is 0.0281. The first kappa shape index (κ1) is 22.1. The van der Waals surface area contributed by atoms with Gasteiger partial charge in [-0.2, -0.15) is 4.31 Å². The number of rotatable bonds is 8. The normalized spacial score (nSPS) is 13.0. The number of carbonyl (C=O) groups is 1. The summed E-state index contributed by atoms with van der Waals surface area (Å²) in [5.41, 5.74) is 1.29. The monoisotopic (exact) mass is 404 g/mol. The molecule has 0 spiro atoms. The van der Waals surface area contributed by atoms with E-state index in [0.29, 0.717) is 17.8 Å². The Morgan fingerprint density at radius 1 is 1.00 bits per heavy atom. The van der Waals surface area contributed by atoms with Gasteiger partial charge in [-0.05, 0) is 35.7 Å². The van der Waals surface area contributed by atoms with E-state index in [1.165, 1.54) is 28.3 Å². The van der Waals surface area contributed by atoms with Crippen molar-refractivity contribution in [3.63, 3.8) is 0 Å². The van der Waals surface area contributed by atoms with Crippen LogP contribution in [0.2, 0.25) is 0 Å². The molecule has 0 aromatic heterocycles. The van der Waals surface area contributed by atoms with Crippen LogP contribution in [0.4, 0.5) is 5.69 Å². The lowest BCUT2D eigenvalue weighted by Crippen LogP contribution is -2.37. The highest BCUT2D eigenvalue weighted by molar-refractivity contribution is 7.89. The molecule has 6 nitrogen and oxygen atoms in total. The summed E-state index contributed by atoms with van der Waals surface area (Å²) in [6, 6.07) is 15.2. The predicted molar refractivity (Wildman–Crippen MR) is 111 cm³/mol. The molecule has 0 heterocycles. The van der Waals surface area contributed by atoms with E-state index in [1.54, 1.807) is 31.3 Å². The average Bonchev–Trinajstić information content (AvgIpc) is 2.67. The van der Waals surface area contributed by atoms with E-state index in [-0.39, 0.29) is 23.3 Å². The van der Waals surface area contributed by atoms with Gasteiger partial charge in [0.1, 0.15) is 0 Å². The highest BCUT2D eigenvalue weighted by Crippen LogP contribution is 2.24. The zero-order valence-corrected chi connectivity index (χ0v) is 17.6. The van der Waals surface area contributed by atoms with E-state index in [0.717, 1.165) is 0 Å². The van der Waals surface area contributed by atoms with Crippen molar-refractivity contribution in [2.24, 2.45) is 5.92 Å². The second-order valence-corrected chi connectivity index (χ2v) is 9.15. The lowest BCUT2D eigenvalue weighted by molar-refractivity contribution is -0.116. The Bertz CT molecular complexity index is 880. The summed E-state index contributed by atoms with van der Waals surface area (Å²) in [5.74, 6) is -0.0381. The van der Waals surface area contributed by atoms with Gasteiger partial charge in [0.2, 0.25) is 15.9 Å². The first-order valence-electron chi connectivity index (χ1n) is 9.20. The topological polar surface area (TPSA) is 77.9 Å². The largest absolute Gasteiger partial charge is 0.387 e. The molecule has 0 aliphatic heterocycles. The Morgan fingerprint density at radius 3 is 2.07 bits per heavy atom. The Balaban J connectivity index is 2.29. The molecule has 7 heteroatoms. The fourth-order valence-electron chi connectivity index (χ4n) is 2.82. The Kier molecular flexibility index (Phi) is 7.35. The maximum absolute atomic E-state index is 13.2. The molecule has 0 fully saturated rings. The molecule has 2 aromatic carbocycles. The molecule has 1 N–H and O–H groups in total. The maximum atomic E-state index is 13.2. The molecule has 0 saturated heterocycles. The van der Waals surface area contributed by atoms with E-state index >= 15 is 0 Å². The Morgan fingerprint density at radius 2 is 1.57 bits per heavy atom. The molecule has 0 bridgehead atoms. The molecule has 0 saturated carbocycles. The number of carbonyl (C=O) groups excluding carboxylic acids is 1. The van der Waals surface area contributed by atoms with Gasteiger partial charge in [0.25, 0.3) is 0 Å². The number of benzene rings is 2. The molecule has 0 radical (unpaired) electrons. The first-order valence-corrected chi connectivity index (χ1v) is 10.6. The van der Waals surface area contributed by atoms with Gasteiger partial charge in [-0.1, -0.05) is 44.2 Å². The van der Waals surface area contributed by atoms with Crippen molar-refractivity contribution in [3.05, 3.63) is 60.2 Å². The number of nitrogens with zero attached hydrogens (tertiary/aromatic N) is 2. The second-order valence-electron chi connectivity index (χ2n) is 7.21. The molecule has 0 aliphatic carbocycles. The van der Waals surface area contributed by atoms with Crippen molar-refractivity contribution >= 4 is 21.6 Å². The van der Waals surface area contributed by atoms with E-state index in [2.05, 4.69) is 0 Å². The van der Waals surface area contributed by atoms with E-state index in [9.17, 15) is 18.3 Å². The van der Waals surface area contributed by atoms with Crippen LogP contribution in [0.25, 0.3) is 0 Å². The summed E-state index contributed by atoms with van der Waals surface area (Å²) in [4.78, 5) is 13.1. The summed E-state index contributed by atoms with van der Waals surface area (Å²) < 4.78 is 27.7. The molecular formula is C21H28N2O4S. The third-order valence-electron chi connectivity index (χ3n) is 4.46. The maximum Gasteiger partial charge on any atom is 0.243 e. The molecule has 0 aliphatic rings. The highest BCUT2D eigenvalue weighted by atomic mass is 32.2. The van der Waals surface area contributed by atoms with Gasteiger partial charge in [0.05, 0.1) is 11.0 Å². The van der Waals surface area contributed by atoms with Crippen molar-refractivity contribution in [1.82, 2.24) is 4.31 Å². The van der Waals surface area contributed by atoms with Crippen molar-refractivity contribution < 1.29 is 18.3 Å². The minimum Gasteiger partial charge on any atom is -0.387 e. The van der Waals surface area contributed by atoms with Crippen LogP contribution in [0, 0.1) is 5.92 Å². The predicted octanol–water partition coefficient (Wildman–Crippen LogP) is 3.05. The van der Waals surface area contributed by atoms with Crippen molar-refractivity contribution in [2.75, 3.05) is 25.0 Å². The van der Waals surface area contributed by atoms with Gasteiger partial charge >= 0.3 is 0 Å². The average molecular weight is 405 g/mol. The number of hydrogen-bond donors (Lipinski definition) is 1. The summed E-state index contributed by atoms with van der Waals surface area (Å²) in [6.45, 7) is 5.58. The molecule has 2 aromatic rings. The number of anilines is 1. The SMILES string of the molecule is CC(=O)N(C)c1ccc(S(=O)(=O)N(CC(C)C)C[C@@H](O)c2ccccc2)cc1. The van der Waals surface area contributed by atoms with Gasteiger partial charge in [-0.3, -0.25) is 4.79 Å². The number of sulfonamides is 1. The fraction of sp³-hybridized carbons (Fsp3) is 0.381. The lowest BCUT2D eigenvalue weighted by atomic mass is 10.1. The van der Waals surface area contributed by atoms with Crippen LogP contribution in [-0.4, -0.2) is 43.9 Å². The summed E-state index contributed by atoms with van der Waals surface area (Å²) in [6.07, 6.45) is -0.919.